The van der Waals surface area contributed by atoms with Crippen molar-refractivity contribution < 1.29 is 9.59 Å². The van der Waals surface area contributed by atoms with Crippen molar-refractivity contribution in [3.8, 4) is 0 Å². The lowest BCUT2D eigenvalue weighted by Crippen LogP contribution is -2.42. The van der Waals surface area contributed by atoms with Gasteiger partial charge < -0.3 is 4.90 Å². The number of likely N-dealkylation sites (tertiary alicyclic amines) is 1. The fourth-order valence-electron chi connectivity index (χ4n) is 3.23. The van der Waals surface area contributed by atoms with Crippen molar-refractivity contribution in [2.45, 2.75) is 32.6 Å². The van der Waals surface area contributed by atoms with Gasteiger partial charge in [-0.3, -0.25) is 9.59 Å². The smallest absolute Gasteiger partial charge is 0.254 e. The van der Waals surface area contributed by atoms with Crippen LogP contribution in [0.25, 0.3) is 0 Å². The zero-order valence-electron chi connectivity index (χ0n) is 14.0. The highest BCUT2D eigenvalue weighted by molar-refractivity contribution is 7.10. The number of benzene rings is 1. The average Bonchev–Trinajstić information content (AvgIpc) is 3.11. The molecule has 1 aliphatic rings. The van der Waals surface area contributed by atoms with Gasteiger partial charge in [-0.25, -0.2) is 0 Å². The zero-order chi connectivity index (χ0) is 16.9. The monoisotopic (exact) mass is 341 g/mol. The molecule has 0 bridgehead atoms. The van der Waals surface area contributed by atoms with Crippen LogP contribution in [0.1, 0.15) is 40.6 Å². The van der Waals surface area contributed by atoms with E-state index in [0.717, 1.165) is 36.9 Å². The van der Waals surface area contributed by atoms with Gasteiger partial charge in [-0.1, -0.05) is 37.3 Å². The predicted octanol–water partition coefficient (Wildman–Crippen LogP) is 3.97. The quantitative estimate of drug-likeness (QED) is 0.825. The molecule has 0 unspecified atom stereocenters. The minimum atomic E-state index is -0.0350. The molecule has 1 saturated heterocycles. The number of nitrogens with zero attached hydrogens (tertiary/aromatic N) is 1. The van der Waals surface area contributed by atoms with Crippen molar-refractivity contribution in [1.82, 2.24) is 4.90 Å². The van der Waals surface area contributed by atoms with E-state index in [-0.39, 0.29) is 17.6 Å². The molecule has 3 nitrogen and oxygen atoms in total. The number of Topliss-reactive ketones (excluding diaryl/α,β-unsaturated/α-hetero) is 1. The van der Waals surface area contributed by atoms with Crippen LogP contribution in [-0.4, -0.2) is 29.7 Å². The molecule has 0 spiro atoms. The maximum Gasteiger partial charge on any atom is 0.254 e. The summed E-state index contributed by atoms with van der Waals surface area (Å²) in [7, 11) is 0. The second-order valence-corrected chi connectivity index (χ2v) is 7.37. The van der Waals surface area contributed by atoms with E-state index >= 15 is 0 Å². The lowest BCUT2D eigenvalue weighted by molar-refractivity contribution is -0.123. The molecule has 3 rings (SSSR count). The highest BCUT2D eigenvalue weighted by atomic mass is 32.1. The Balaban J connectivity index is 1.63. The normalized spacial score (nSPS) is 17.7. The van der Waals surface area contributed by atoms with E-state index in [0.29, 0.717) is 13.0 Å². The van der Waals surface area contributed by atoms with Gasteiger partial charge in [-0.2, -0.15) is 0 Å². The van der Waals surface area contributed by atoms with Crippen LogP contribution in [0, 0.1) is 5.92 Å². The van der Waals surface area contributed by atoms with E-state index in [4.69, 9.17) is 0 Å². The molecule has 1 atom stereocenters. The van der Waals surface area contributed by atoms with Crippen molar-refractivity contribution in [2.24, 2.45) is 5.92 Å². The summed E-state index contributed by atoms with van der Waals surface area (Å²) in [5.41, 5.74) is 1.82. The van der Waals surface area contributed by atoms with Crippen LogP contribution in [0.5, 0.6) is 0 Å². The zero-order valence-corrected chi connectivity index (χ0v) is 14.8. The second kappa shape index (κ2) is 7.75. The summed E-state index contributed by atoms with van der Waals surface area (Å²) in [5, 5.41) is 1.94. The predicted molar refractivity (Wildman–Crippen MR) is 97.5 cm³/mol. The minimum Gasteiger partial charge on any atom is -0.338 e. The molecule has 0 aliphatic carbocycles. The lowest BCUT2D eigenvalue weighted by Gasteiger charge is -2.32. The van der Waals surface area contributed by atoms with Gasteiger partial charge in [0.1, 0.15) is 5.78 Å². The molecule has 1 fully saturated rings. The number of hydrogen-bond acceptors (Lipinski definition) is 3. The van der Waals surface area contributed by atoms with Crippen LogP contribution >= 0.6 is 11.3 Å². The number of ketones is 1. The number of amides is 1. The van der Waals surface area contributed by atoms with Crippen molar-refractivity contribution in [1.29, 1.82) is 0 Å². The minimum absolute atomic E-state index is 0.0350. The van der Waals surface area contributed by atoms with Gasteiger partial charge >= 0.3 is 0 Å². The summed E-state index contributed by atoms with van der Waals surface area (Å²) < 4.78 is 0. The van der Waals surface area contributed by atoms with E-state index in [1.54, 1.807) is 11.3 Å². The van der Waals surface area contributed by atoms with E-state index in [2.05, 4.69) is 6.92 Å². The molecule has 1 amide bonds. The molecule has 2 heterocycles. The van der Waals surface area contributed by atoms with Gasteiger partial charge in [0.25, 0.3) is 5.91 Å². The topological polar surface area (TPSA) is 37.4 Å². The average molecular weight is 341 g/mol. The molecule has 1 aromatic carbocycles. The first-order valence-electron chi connectivity index (χ1n) is 8.60. The number of thiophene rings is 1. The summed E-state index contributed by atoms with van der Waals surface area (Å²) >= 11 is 1.64. The Hall–Kier alpha value is -1.94. The van der Waals surface area contributed by atoms with E-state index in [1.807, 2.05) is 46.7 Å². The summed E-state index contributed by atoms with van der Waals surface area (Å²) in [4.78, 5) is 28.4. The molecule has 1 aromatic heterocycles. The van der Waals surface area contributed by atoms with Crippen LogP contribution in [-0.2, 0) is 17.6 Å². The SMILES string of the molecule is CCc1cc(C(=O)N2CCC[C@@H](C(=O)Cc3ccccc3)C2)cs1. The third-order valence-electron chi connectivity index (χ3n) is 4.63. The van der Waals surface area contributed by atoms with Gasteiger partial charge in [0, 0.05) is 35.7 Å². The summed E-state index contributed by atoms with van der Waals surface area (Å²) in [6, 6.07) is 11.8. The Bertz CT molecular complexity index is 707. The Morgan fingerprint density at radius 2 is 2.04 bits per heavy atom. The van der Waals surface area contributed by atoms with Gasteiger partial charge in [0.05, 0.1) is 5.56 Å². The highest BCUT2D eigenvalue weighted by Gasteiger charge is 2.29. The van der Waals surface area contributed by atoms with Crippen molar-refractivity contribution in [3.05, 3.63) is 57.8 Å². The Morgan fingerprint density at radius 3 is 2.75 bits per heavy atom. The Kier molecular flexibility index (Phi) is 5.46. The van der Waals surface area contributed by atoms with Crippen LogP contribution in [0.15, 0.2) is 41.8 Å². The number of carbonyl (C=O) groups is 2. The first-order valence-corrected chi connectivity index (χ1v) is 9.48. The largest absolute Gasteiger partial charge is 0.338 e. The lowest BCUT2D eigenvalue weighted by atomic mass is 9.90. The third-order valence-corrected chi connectivity index (χ3v) is 5.72. The fraction of sp³-hybridized carbons (Fsp3) is 0.400. The van der Waals surface area contributed by atoms with Gasteiger partial charge in [0.15, 0.2) is 0 Å². The molecule has 4 heteroatoms. The molecule has 2 aromatic rings. The Labute approximate surface area is 147 Å². The van der Waals surface area contributed by atoms with E-state index in [9.17, 15) is 9.59 Å². The second-order valence-electron chi connectivity index (χ2n) is 6.37. The molecular weight excluding hydrogens is 318 g/mol. The number of piperidine rings is 1. The highest BCUT2D eigenvalue weighted by Crippen LogP contribution is 2.23. The van der Waals surface area contributed by atoms with Crippen LogP contribution < -0.4 is 0 Å². The van der Waals surface area contributed by atoms with Crippen molar-refractivity contribution in [2.75, 3.05) is 13.1 Å². The van der Waals surface area contributed by atoms with E-state index in [1.165, 1.54) is 4.88 Å². The maximum absolute atomic E-state index is 12.7. The van der Waals surface area contributed by atoms with Crippen LogP contribution in [0.4, 0.5) is 0 Å². The number of carbonyl (C=O) groups excluding carboxylic acids is 2. The molecule has 0 radical (unpaired) electrons. The van der Waals surface area contributed by atoms with Crippen molar-refractivity contribution >= 4 is 23.0 Å². The van der Waals surface area contributed by atoms with Gasteiger partial charge in [0.2, 0.25) is 0 Å². The van der Waals surface area contributed by atoms with Crippen LogP contribution in [0.3, 0.4) is 0 Å². The number of rotatable bonds is 5. The van der Waals surface area contributed by atoms with Gasteiger partial charge in [-0.15, -0.1) is 11.3 Å². The third kappa shape index (κ3) is 3.93. The molecule has 24 heavy (non-hydrogen) atoms. The molecule has 0 N–H and O–H groups in total. The van der Waals surface area contributed by atoms with Crippen molar-refractivity contribution in [3.63, 3.8) is 0 Å². The van der Waals surface area contributed by atoms with Crippen LogP contribution in [0.2, 0.25) is 0 Å². The maximum atomic E-state index is 12.7. The standard InChI is InChI=1S/C20H23NO2S/c1-2-18-12-17(14-24-18)20(23)21-10-6-9-16(13-21)19(22)11-15-7-4-3-5-8-15/h3-5,7-8,12,14,16H,2,6,9-11,13H2,1H3/t16-/m1/s1. The molecule has 0 saturated carbocycles. The summed E-state index contributed by atoms with van der Waals surface area (Å²) in [6.07, 6.45) is 3.21. The first-order chi connectivity index (χ1) is 11.7. The molecule has 1 aliphatic heterocycles. The van der Waals surface area contributed by atoms with E-state index < -0.39 is 0 Å². The van der Waals surface area contributed by atoms with Gasteiger partial charge in [-0.05, 0) is 30.9 Å². The number of hydrogen-bond donors (Lipinski definition) is 0. The fourth-order valence-corrected chi connectivity index (χ4v) is 4.04. The Morgan fingerprint density at radius 1 is 1.25 bits per heavy atom. The summed E-state index contributed by atoms with van der Waals surface area (Å²) in [6.45, 7) is 3.41. The first kappa shape index (κ1) is 16.9. The molecular formula is C20H23NO2S. The summed E-state index contributed by atoms with van der Waals surface area (Å²) in [5.74, 6) is 0.286. The number of aryl methyl sites for hydroxylation is 1. The molecule has 126 valence electrons.